The van der Waals surface area contributed by atoms with Crippen LogP contribution in [-0.2, 0) is 4.79 Å². The molecule has 2 rings (SSSR count). The maximum atomic E-state index is 12.1. The van der Waals surface area contributed by atoms with E-state index in [-0.39, 0.29) is 17.9 Å². The lowest BCUT2D eigenvalue weighted by atomic mass is 10.0. The minimum absolute atomic E-state index is 0.00275. The van der Waals surface area contributed by atoms with Gasteiger partial charge in [-0.25, -0.2) is 0 Å². The van der Waals surface area contributed by atoms with Crippen molar-refractivity contribution in [1.82, 2.24) is 10.2 Å². The molecule has 1 aliphatic rings. The van der Waals surface area contributed by atoms with Crippen LogP contribution in [0.5, 0.6) is 0 Å². The van der Waals surface area contributed by atoms with E-state index in [9.17, 15) is 9.59 Å². The second-order valence-electron chi connectivity index (χ2n) is 5.39. The molecule has 1 aliphatic heterocycles. The van der Waals surface area contributed by atoms with Crippen LogP contribution in [0.25, 0.3) is 0 Å². The van der Waals surface area contributed by atoms with Gasteiger partial charge in [-0.1, -0.05) is 6.92 Å². The van der Waals surface area contributed by atoms with Crippen molar-refractivity contribution in [2.24, 2.45) is 0 Å². The molecule has 0 spiro atoms. The zero-order valence-corrected chi connectivity index (χ0v) is 14.1. The topological polar surface area (TPSA) is 49.4 Å². The van der Waals surface area contributed by atoms with E-state index in [0.717, 1.165) is 31.5 Å². The van der Waals surface area contributed by atoms with Gasteiger partial charge < -0.3 is 10.2 Å². The van der Waals surface area contributed by atoms with Crippen LogP contribution in [0, 0.1) is 0 Å². The Morgan fingerprint density at radius 2 is 2.19 bits per heavy atom. The van der Waals surface area contributed by atoms with Gasteiger partial charge in [0.15, 0.2) is 0 Å². The average Bonchev–Trinajstić information content (AvgIpc) is 3.02. The predicted molar refractivity (Wildman–Crippen MR) is 89.0 cm³/mol. The molecular formula is C15H22N2O2S2. The quantitative estimate of drug-likeness (QED) is 0.905. The van der Waals surface area contributed by atoms with Crippen molar-refractivity contribution in [2.45, 2.75) is 37.5 Å². The van der Waals surface area contributed by atoms with Gasteiger partial charge in [-0.15, -0.1) is 0 Å². The van der Waals surface area contributed by atoms with Crippen molar-refractivity contribution < 1.29 is 9.59 Å². The fourth-order valence-electron chi connectivity index (χ4n) is 2.39. The van der Waals surface area contributed by atoms with Gasteiger partial charge in [-0.05, 0) is 30.5 Å². The first-order chi connectivity index (χ1) is 10.1. The summed E-state index contributed by atoms with van der Waals surface area (Å²) in [4.78, 5) is 26.0. The minimum atomic E-state index is -0.00275. The maximum absolute atomic E-state index is 12.1. The number of rotatable bonds is 5. The molecule has 116 valence electrons. The van der Waals surface area contributed by atoms with Crippen molar-refractivity contribution in [1.29, 1.82) is 0 Å². The lowest BCUT2D eigenvalue weighted by molar-refractivity contribution is -0.132. The number of thioether (sulfide) groups is 1. The van der Waals surface area contributed by atoms with Crippen molar-refractivity contribution in [3.63, 3.8) is 0 Å². The number of thiophene rings is 1. The van der Waals surface area contributed by atoms with Gasteiger partial charge in [0.25, 0.3) is 5.91 Å². The van der Waals surface area contributed by atoms with Gasteiger partial charge in [0, 0.05) is 41.7 Å². The monoisotopic (exact) mass is 326 g/mol. The molecule has 0 bridgehead atoms. The summed E-state index contributed by atoms with van der Waals surface area (Å²) >= 11 is 3.25. The number of amides is 2. The third kappa shape index (κ3) is 4.74. The summed E-state index contributed by atoms with van der Waals surface area (Å²) in [6, 6.07) is 2.02. The zero-order valence-electron chi connectivity index (χ0n) is 12.5. The Morgan fingerprint density at radius 1 is 1.48 bits per heavy atom. The highest BCUT2D eigenvalue weighted by molar-refractivity contribution is 7.99. The van der Waals surface area contributed by atoms with E-state index in [1.54, 1.807) is 11.8 Å². The first-order valence-electron chi connectivity index (χ1n) is 7.23. The highest BCUT2D eigenvalue weighted by Gasteiger charge is 2.24. The van der Waals surface area contributed by atoms with E-state index in [2.05, 4.69) is 12.2 Å². The molecule has 1 saturated heterocycles. The number of carbonyl (C=O) groups excluding carboxylic acids is 2. The Kier molecular flexibility index (Phi) is 6.11. The number of likely N-dealkylation sites (tertiary alicyclic amines) is 1. The fourth-order valence-corrected chi connectivity index (χ4v) is 3.34. The van der Waals surface area contributed by atoms with Gasteiger partial charge in [-0.2, -0.15) is 23.1 Å². The highest BCUT2D eigenvalue weighted by Crippen LogP contribution is 2.16. The van der Waals surface area contributed by atoms with E-state index in [1.165, 1.54) is 11.3 Å². The Hall–Kier alpha value is -1.01. The molecule has 1 aromatic rings. The number of hydrogen-bond donors (Lipinski definition) is 1. The van der Waals surface area contributed by atoms with Crippen LogP contribution in [0.15, 0.2) is 16.8 Å². The standard InChI is InChI=1S/C15H22N2O2S2/c1-11(20-2)9-14(18)17-6-3-13(4-7-17)16-15(19)12-5-8-21-10-12/h5,8,10-11,13H,3-4,6-7,9H2,1-2H3,(H,16,19)/t11-/m1/s1. The molecule has 0 radical (unpaired) electrons. The number of piperidine rings is 1. The predicted octanol–water partition coefficient (Wildman–Crippen LogP) is 2.61. The normalized spacial score (nSPS) is 17.5. The average molecular weight is 326 g/mol. The van der Waals surface area contributed by atoms with Crippen molar-refractivity contribution in [3.8, 4) is 0 Å². The smallest absolute Gasteiger partial charge is 0.252 e. The third-order valence-corrected chi connectivity index (χ3v) is 5.49. The van der Waals surface area contributed by atoms with Crippen LogP contribution in [0.4, 0.5) is 0 Å². The van der Waals surface area contributed by atoms with Gasteiger partial charge >= 0.3 is 0 Å². The van der Waals surface area contributed by atoms with Crippen molar-refractivity contribution in [2.75, 3.05) is 19.3 Å². The summed E-state index contributed by atoms with van der Waals surface area (Å²) in [5, 5.41) is 7.19. The van der Waals surface area contributed by atoms with E-state index >= 15 is 0 Å². The van der Waals surface area contributed by atoms with Gasteiger partial charge in [0.1, 0.15) is 0 Å². The molecule has 1 atom stereocenters. The Balaban J connectivity index is 1.75. The molecule has 2 amide bonds. The third-order valence-electron chi connectivity index (χ3n) is 3.83. The molecule has 4 nitrogen and oxygen atoms in total. The number of carbonyl (C=O) groups is 2. The first-order valence-corrected chi connectivity index (χ1v) is 9.47. The lowest BCUT2D eigenvalue weighted by Gasteiger charge is -2.33. The number of nitrogens with zero attached hydrogens (tertiary/aromatic N) is 1. The second-order valence-corrected chi connectivity index (χ2v) is 7.45. The summed E-state index contributed by atoms with van der Waals surface area (Å²) in [6.45, 7) is 3.57. The minimum Gasteiger partial charge on any atom is -0.349 e. The van der Waals surface area contributed by atoms with Crippen LogP contribution >= 0.6 is 23.1 Å². The maximum Gasteiger partial charge on any atom is 0.252 e. The molecule has 21 heavy (non-hydrogen) atoms. The number of hydrogen-bond acceptors (Lipinski definition) is 4. The molecular weight excluding hydrogens is 304 g/mol. The molecule has 1 N–H and O–H groups in total. The summed E-state index contributed by atoms with van der Waals surface area (Å²) in [7, 11) is 0. The van der Waals surface area contributed by atoms with Crippen LogP contribution in [0.1, 0.15) is 36.5 Å². The van der Waals surface area contributed by atoms with Crippen molar-refractivity contribution in [3.05, 3.63) is 22.4 Å². The van der Waals surface area contributed by atoms with Crippen LogP contribution in [-0.4, -0.2) is 47.4 Å². The number of nitrogens with one attached hydrogen (secondary N) is 1. The molecule has 6 heteroatoms. The summed E-state index contributed by atoms with van der Waals surface area (Å²) in [5.74, 6) is 0.233. The molecule has 0 aromatic carbocycles. The van der Waals surface area contributed by atoms with Crippen LogP contribution in [0.3, 0.4) is 0 Å². The summed E-state index contributed by atoms with van der Waals surface area (Å²) in [6.07, 6.45) is 4.32. The van der Waals surface area contributed by atoms with E-state index in [1.807, 2.05) is 28.0 Å². The van der Waals surface area contributed by atoms with Crippen LogP contribution in [0.2, 0.25) is 0 Å². The summed E-state index contributed by atoms with van der Waals surface area (Å²) in [5.41, 5.74) is 0.729. The highest BCUT2D eigenvalue weighted by atomic mass is 32.2. The van der Waals surface area contributed by atoms with E-state index < -0.39 is 0 Å². The lowest BCUT2D eigenvalue weighted by Crippen LogP contribution is -2.46. The van der Waals surface area contributed by atoms with E-state index in [0.29, 0.717) is 11.7 Å². The van der Waals surface area contributed by atoms with Crippen molar-refractivity contribution >= 4 is 34.9 Å². The Morgan fingerprint density at radius 3 is 2.76 bits per heavy atom. The summed E-state index contributed by atoms with van der Waals surface area (Å²) < 4.78 is 0. The Labute approximate surface area is 134 Å². The largest absolute Gasteiger partial charge is 0.349 e. The second kappa shape index (κ2) is 7.84. The van der Waals surface area contributed by atoms with Gasteiger partial charge in [-0.3, -0.25) is 9.59 Å². The molecule has 1 fully saturated rings. The molecule has 0 aliphatic carbocycles. The molecule has 0 unspecified atom stereocenters. The van der Waals surface area contributed by atoms with Crippen LogP contribution < -0.4 is 5.32 Å². The Bertz CT molecular complexity index is 468. The van der Waals surface area contributed by atoms with Gasteiger partial charge in [0.2, 0.25) is 5.91 Å². The SMILES string of the molecule is CS[C@H](C)CC(=O)N1CCC(NC(=O)c2ccsc2)CC1. The first kappa shape index (κ1) is 16.4. The zero-order chi connectivity index (χ0) is 15.2. The molecule has 2 heterocycles. The molecule has 0 saturated carbocycles. The molecule has 1 aromatic heterocycles. The van der Waals surface area contributed by atoms with Gasteiger partial charge in [0.05, 0.1) is 0 Å². The fraction of sp³-hybridized carbons (Fsp3) is 0.600. The van der Waals surface area contributed by atoms with E-state index in [4.69, 9.17) is 0 Å².